The first-order valence-corrected chi connectivity index (χ1v) is 10.2. The minimum Gasteiger partial charge on any atom is -0.439 e. The second-order valence-corrected chi connectivity index (χ2v) is 7.30. The lowest BCUT2D eigenvalue weighted by Gasteiger charge is -2.15. The van der Waals surface area contributed by atoms with E-state index in [1.165, 1.54) is 11.1 Å². The van der Waals surface area contributed by atoms with E-state index in [2.05, 4.69) is 70.3 Å². The smallest absolute Gasteiger partial charge is 0.216 e. The summed E-state index contributed by atoms with van der Waals surface area (Å²) in [6, 6.07) is 10.4. The summed E-state index contributed by atoms with van der Waals surface area (Å²) in [5, 5.41) is 11.0. The molecule has 6 heteroatoms. The first-order chi connectivity index (χ1) is 13.2. The Balaban J connectivity index is 1.60. The lowest BCUT2D eigenvalue weighted by Crippen LogP contribution is -2.39. The Labute approximate surface area is 164 Å². The third-order valence-electron chi connectivity index (χ3n) is 4.29. The molecule has 0 aliphatic heterocycles. The van der Waals surface area contributed by atoms with Crippen molar-refractivity contribution in [1.29, 1.82) is 0 Å². The summed E-state index contributed by atoms with van der Waals surface area (Å²) in [6.07, 6.45) is 1.76. The van der Waals surface area contributed by atoms with Gasteiger partial charge in [0.1, 0.15) is 6.54 Å². The number of aliphatic imine (C=N–C) groups is 1. The monoisotopic (exact) mass is 382 g/mol. The van der Waals surface area contributed by atoms with Crippen LogP contribution in [0.4, 0.5) is 0 Å². The zero-order valence-corrected chi connectivity index (χ0v) is 16.8. The molecule has 3 rings (SSSR count). The van der Waals surface area contributed by atoms with E-state index >= 15 is 0 Å². The van der Waals surface area contributed by atoms with Gasteiger partial charge in [0.15, 0.2) is 11.7 Å². The maximum atomic E-state index is 5.85. The largest absolute Gasteiger partial charge is 0.439 e. The topological polar surface area (TPSA) is 62.5 Å². The summed E-state index contributed by atoms with van der Waals surface area (Å²) in [4.78, 5) is 8.95. The molecule has 2 heterocycles. The molecule has 142 valence electrons. The highest BCUT2D eigenvalue weighted by Crippen LogP contribution is 2.21. The van der Waals surface area contributed by atoms with E-state index in [9.17, 15) is 0 Å². The molecule has 0 radical (unpaired) electrons. The van der Waals surface area contributed by atoms with Crippen molar-refractivity contribution in [2.45, 2.75) is 33.2 Å². The maximum Gasteiger partial charge on any atom is 0.216 e. The number of guanidine groups is 1. The van der Waals surface area contributed by atoms with Gasteiger partial charge >= 0.3 is 0 Å². The Hall–Kier alpha value is -2.60. The maximum absolute atomic E-state index is 5.85. The van der Waals surface area contributed by atoms with Crippen LogP contribution >= 0.6 is 11.3 Å². The van der Waals surface area contributed by atoms with Crippen LogP contribution in [0.25, 0.3) is 11.3 Å². The van der Waals surface area contributed by atoms with E-state index in [1.54, 1.807) is 17.5 Å². The lowest BCUT2D eigenvalue weighted by atomic mass is 10.1. The molecule has 2 aromatic heterocycles. The van der Waals surface area contributed by atoms with Gasteiger partial charge < -0.3 is 15.1 Å². The average Bonchev–Trinajstić information content (AvgIpc) is 3.36. The predicted molar refractivity (Wildman–Crippen MR) is 112 cm³/mol. The number of hydrogen-bond donors (Lipinski definition) is 2. The number of rotatable bonds is 7. The summed E-state index contributed by atoms with van der Waals surface area (Å²) >= 11 is 1.73. The van der Waals surface area contributed by atoms with E-state index in [1.807, 2.05) is 12.1 Å². The molecular weight excluding hydrogens is 356 g/mol. The number of nitrogens with zero attached hydrogens (tertiary/aromatic N) is 2. The van der Waals surface area contributed by atoms with Crippen LogP contribution in [0.3, 0.4) is 0 Å². The van der Waals surface area contributed by atoms with Crippen LogP contribution in [-0.2, 0) is 6.54 Å². The predicted octanol–water partition coefficient (Wildman–Crippen LogP) is 4.57. The van der Waals surface area contributed by atoms with Gasteiger partial charge in [-0.25, -0.2) is 9.98 Å². The normalized spacial score (nSPS) is 12.8. The first-order valence-electron chi connectivity index (χ1n) is 9.21. The quantitative estimate of drug-likeness (QED) is 0.464. The number of hydrogen-bond acceptors (Lipinski definition) is 4. The highest BCUT2D eigenvalue weighted by atomic mass is 32.1. The van der Waals surface area contributed by atoms with Crippen LogP contribution in [0.15, 0.2) is 56.7 Å². The SMILES string of the molecule is CCNC(=NCc1ncc(-c2ccc(C)cc2)o1)NCC(C)c1ccsc1. The van der Waals surface area contributed by atoms with E-state index in [-0.39, 0.29) is 0 Å². The molecule has 3 aromatic rings. The molecule has 1 atom stereocenters. The van der Waals surface area contributed by atoms with Gasteiger partial charge in [-0.15, -0.1) is 0 Å². The van der Waals surface area contributed by atoms with Crippen molar-refractivity contribution >= 4 is 17.3 Å². The number of aryl methyl sites for hydroxylation is 1. The van der Waals surface area contributed by atoms with E-state index in [0.717, 1.165) is 30.4 Å². The molecular formula is C21H26N4OS. The van der Waals surface area contributed by atoms with Crippen LogP contribution in [0.2, 0.25) is 0 Å². The summed E-state index contributed by atoms with van der Waals surface area (Å²) in [5.41, 5.74) is 3.60. The van der Waals surface area contributed by atoms with E-state index in [4.69, 9.17) is 4.42 Å². The van der Waals surface area contributed by atoms with Crippen molar-refractivity contribution in [2.75, 3.05) is 13.1 Å². The van der Waals surface area contributed by atoms with Crippen LogP contribution in [-0.4, -0.2) is 24.0 Å². The van der Waals surface area contributed by atoms with Gasteiger partial charge in [0.25, 0.3) is 0 Å². The van der Waals surface area contributed by atoms with Crippen molar-refractivity contribution in [2.24, 2.45) is 4.99 Å². The lowest BCUT2D eigenvalue weighted by molar-refractivity contribution is 0.509. The highest BCUT2D eigenvalue weighted by molar-refractivity contribution is 7.07. The van der Waals surface area contributed by atoms with Crippen LogP contribution in [0.1, 0.15) is 36.8 Å². The summed E-state index contributed by atoms with van der Waals surface area (Å²) in [7, 11) is 0. The van der Waals surface area contributed by atoms with Crippen molar-refractivity contribution in [3.05, 3.63) is 64.3 Å². The zero-order chi connectivity index (χ0) is 19.1. The minimum atomic E-state index is 0.397. The summed E-state index contributed by atoms with van der Waals surface area (Å²) in [6.45, 7) is 8.36. The number of benzene rings is 1. The number of thiophene rings is 1. The third-order valence-corrected chi connectivity index (χ3v) is 5.00. The molecule has 0 fully saturated rings. The molecule has 0 spiro atoms. The van der Waals surface area contributed by atoms with Gasteiger partial charge in [0.2, 0.25) is 5.89 Å². The molecule has 0 saturated heterocycles. The molecule has 27 heavy (non-hydrogen) atoms. The molecule has 0 aliphatic carbocycles. The third kappa shape index (κ3) is 5.44. The van der Waals surface area contributed by atoms with Crippen molar-refractivity contribution in [3.63, 3.8) is 0 Å². The summed E-state index contributed by atoms with van der Waals surface area (Å²) < 4.78 is 5.85. The van der Waals surface area contributed by atoms with Crippen molar-refractivity contribution < 1.29 is 4.42 Å². The highest BCUT2D eigenvalue weighted by Gasteiger charge is 2.09. The van der Waals surface area contributed by atoms with Crippen molar-refractivity contribution in [3.8, 4) is 11.3 Å². The molecule has 1 unspecified atom stereocenters. The fraction of sp³-hybridized carbons (Fsp3) is 0.333. The average molecular weight is 383 g/mol. The second kappa shape index (κ2) is 9.37. The first kappa shape index (κ1) is 19.2. The van der Waals surface area contributed by atoms with Gasteiger partial charge in [-0.05, 0) is 42.2 Å². The molecule has 0 saturated carbocycles. The van der Waals surface area contributed by atoms with Crippen LogP contribution < -0.4 is 10.6 Å². The van der Waals surface area contributed by atoms with Gasteiger partial charge in [-0.2, -0.15) is 11.3 Å². The Morgan fingerprint density at radius 2 is 2.04 bits per heavy atom. The van der Waals surface area contributed by atoms with Crippen molar-refractivity contribution in [1.82, 2.24) is 15.6 Å². The summed E-state index contributed by atoms with van der Waals surface area (Å²) in [5.74, 6) is 2.57. The molecule has 0 aliphatic rings. The number of aromatic nitrogens is 1. The standard InChI is InChI=1S/C21H26N4OS/c1-4-22-21(24-11-16(3)18-9-10-27-14-18)25-13-20-23-12-19(26-20)17-7-5-15(2)6-8-17/h5-10,12,14,16H,4,11,13H2,1-3H3,(H2,22,24,25). The fourth-order valence-corrected chi connectivity index (χ4v) is 3.43. The van der Waals surface area contributed by atoms with Crippen LogP contribution in [0, 0.1) is 6.92 Å². The molecule has 1 aromatic carbocycles. The van der Waals surface area contributed by atoms with Gasteiger partial charge in [0.05, 0.1) is 6.20 Å². The second-order valence-electron chi connectivity index (χ2n) is 6.52. The minimum absolute atomic E-state index is 0.397. The Kier molecular flexibility index (Phi) is 6.65. The Morgan fingerprint density at radius 3 is 2.74 bits per heavy atom. The number of nitrogens with one attached hydrogen (secondary N) is 2. The molecule has 0 amide bonds. The fourth-order valence-electron chi connectivity index (χ4n) is 2.65. The van der Waals surface area contributed by atoms with Gasteiger partial charge in [0, 0.05) is 18.7 Å². The van der Waals surface area contributed by atoms with E-state index in [0.29, 0.717) is 18.4 Å². The van der Waals surface area contributed by atoms with Gasteiger partial charge in [-0.1, -0.05) is 36.8 Å². The molecule has 0 bridgehead atoms. The van der Waals surface area contributed by atoms with Gasteiger partial charge in [-0.3, -0.25) is 0 Å². The van der Waals surface area contributed by atoms with Crippen LogP contribution in [0.5, 0.6) is 0 Å². The zero-order valence-electron chi connectivity index (χ0n) is 16.0. The molecule has 5 nitrogen and oxygen atoms in total. The Morgan fingerprint density at radius 1 is 1.22 bits per heavy atom. The Bertz CT molecular complexity index is 853. The molecule has 2 N–H and O–H groups in total. The number of oxazole rings is 1. The van der Waals surface area contributed by atoms with E-state index < -0.39 is 0 Å².